The minimum atomic E-state index is -3.58. The van der Waals surface area contributed by atoms with Gasteiger partial charge in [-0.1, -0.05) is 12.1 Å². The second-order valence-electron chi connectivity index (χ2n) is 5.91. The van der Waals surface area contributed by atoms with Gasteiger partial charge in [0.05, 0.1) is 23.5 Å². The fraction of sp³-hybridized carbons (Fsp3) is 0.556. The number of hydrogen-bond acceptors (Lipinski definition) is 7. The van der Waals surface area contributed by atoms with Crippen LogP contribution >= 0.6 is 7.60 Å². The highest BCUT2D eigenvalue weighted by Gasteiger charge is 2.43. The van der Waals surface area contributed by atoms with Gasteiger partial charge in [-0.2, -0.15) is 0 Å². The van der Waals surface area contributed by atoms with Gasteiger partial charge in [-0.05, 0) is 33.3 Å². The maximum atomic E-state index is 13.5. The van der Waals surface area contributed by atoms with Crippen molar-refractivity contribution >= 4 is 13.3 Å². The molecule has 2 rings (SSSR count). The fourth-order valence-electron chi connectivity index (χ4n) is 3.17. The quantitative estimate of drug-likeness (QED) is 0.329. The summed E-state index contributed by atoms with van der Waals surface area (Å²) in [5.41, 5.74) is 0.759. The molecule has 0 fully saturated rings. The van der Waals surface area contributed by atoms with Crippen molar-refractivity contribution < 1.29 is 28.0 Å². The van der Waals surface area contributed by atoms with Gasteiger partial charge in [0.25, 0.3) is 5.69 Å². The monoisotopic (exact) mass is 399 g/mol. The number of benzene rings is 1. The molecule has 0 amide bonds. The van der Waals surface area contributed by atoms with E-state index in [9.17, 15) is 14.7 Å². The molecule has 150 valence electrons. The van der Waals surface area contributed by atoms with Gasteiger partial charge in [0.15, 0.2) is 6.29 Å². The van der Waals surface area contributed by atoms with E-state index >= 15 is 0 Å². The highest BCUT2D eigenvalue weighted by molar-refractivity contribution is 7.58. The van der Waals surface area contributed by atoms with Crippen molar-refractivity contribution in [1.29, 1.82) is 0 Å². The Labute approximate surface area is 159 Å². The summed E-state index contributed by atoms with van der Waals surface area (Å²) in [7, 11) is -3.58. The Balaban J connectivity index is 2.52. The third-order valence-electron chi connectivity index (χ3n) is 4.18. The third kappa shape index (κ3) is 4.96. The molecule has 1 aliphatic rings. The lowest BCUT2D eigenvalue weighted by molar-refractivity contribution is -0.384. The number of hydrogen-bond donors (Lipinski definition) is 0. The fourth-order valence-corrected chi connectivity index (χ4v) is 5.27. The van der Waals surface area contributed by atoms with Crippen LogP contribution < -0.4 is 0 Å². The predicted molar refractivity (Wildman–Crippen MR) is 101 cm³/mol. The van der Waals surface area contributed by atoms with Crippen molar-refractivity contribution in [2.45, 2.75) is 46.3 Å². The molecule has 2 atom stereocenters. The van der Waals surface area contributed by atoms with E-state index < -0.39 is 18.8 Å². The number of nitro benzene ring substituents is 1. The summed E-state index contributed by atoms with van der Waals surface area (Å²) in [6.07, 6.45) is -0.0988. The van der Waals surface area contributed by atoms with Crippen LogP contribution in [0.2, 0.25) is 0 Å². The van der Waals surface area contributed by atoms with Crippen molar-refractivity contribution in [2.75, 3.05) is 19.8 Å². The van der Waals surface area contributed by atoms with Gasteiger partial charge in [0.2, 0.25) is 0 Å². The number of rotatable bonds is 9. The van der Waals surface area contributed by atoms with Crippen molar-refractivity contribution in [3.05, 3.63) is 51.0 Å². The summed E-state index contributed by atoms with van der Waals surface area (Å²) >= 11 is 0. The van der Waals surface area contributed by atoms with Crippen LogP contribution in [0.3, 0.4) is 0 Å². The summed E-state index contributed by atoms with van der Waals surface area (Å²) in [5, 5.41) is 11.4. The first-order valence-corrected chi connectivity index (χ1v) is 10.5. The van der Waals surface area contributed by atoms with Crippen LogP contribution in [0.1, 0.15) is 45.6 Å². The number of nitro groups is 1. The second kappa shape index (κ2) is 9.46. The van der Waals surface area contributed by atoms with Crippen molar-refractivity contribution in [1.82, 2.24) is 0 Å². The van der Waals surface area contributed by atoms with E-state index in [-0.39, 0.29) is 24.8 Å². The van der Waals surface area contributed by atoms with E-state index in [0.29, 0.717) is 24.1 Å². The molecule has 9 heteroatoms. The van der Waals surface area contributed by atoms with Crippen molar-refractivity contribution in [3.63, 3.8) is 0 Å². The maximum Gasteiger partial charge on any atom is 0.361 e. The molecule has 0 saturated heterocycles. The van der Waals surface area contributed by atoms with E-state index in [2.05, 4.69) is 0 Å². The molecule has 1 heterocycles. The van der Waals surface area contributed by atoms with E-state index in [1.165, 1.54) is 12.1 Å². The summed E-state index contributed by atoms with van der Waals surface area (Å²) in [4.78, 5) is 10.5. The van der Waals surface area contributed by atoms with Gasteiger partial charge >= 0.3 is 7.60 Å². The lowest BCUT2D eigenvalue weighted by Crippen LogP contribution is -2.27. The number of allylic oxidation sites excluding steroid dienone is 2. The van der Waals surface area contributed by atoms with Crippen LogP contribution in [0, 0.1) is 10.1 Å². The average Bonchev–Trinajstić information content (AvgIpc) is 2.61. The lowest BCUT2D eigenvalue weighted by Gasteiger charge is -2.35. The van der Waals surface area contributed by atoms with Crippen LogP contribution in [-0.4, -0.2) is 31.0 Å². The highest BCUT2D eigenvalue weighted by Crippen LogP contribution is 2.64. The SMILES string of the molecule is CCO[C@H]1C[C@@H](c2ccc([N+](=O)[O-])cc2)C(P(=O)(OCC)OCC)=C(C)O1. The Kier molecular flexibility index (Phi) is 7.56. The van der Waals surface area contributed by atoms with Crippen LogP contribution in [0.25, 0.3) is 0 Å². The Morgan fingerprint density at radius 1 is 1.15 bits per heavy atom. The van der Waals surface area contributed by atoms with Gasteiger partial charge in [-0.15, -0.1) is 0 Å². The van der Waals surface area contributed by atoms with Crippen molar-refractivity contribution in [3.8, 4) is 0 Å². The molecule has 0 unspecified atom stereocenters. The Bertz CT molecular complexity index is 722. The van der Waals surface area contributed by atoms with Gasteiger partial charge in [-0.3, -0.25) is 14.7 Å². The molecular formula is C18H26NO7P. The summed E-state index contributed by atoms with van der Waals surface area (Å²) in [6.45, 7) is 7.97. The normalized spacial score (nSPS) is 20.4. The number of non-ortho nitro benzene ring substituents is 1. The molecule has 1 aromatic rings. The predicted octanol–water partition coefficient (Wildman–Crippen LogP) is 4.96. The zero-order valence-electron chi connectivity index (χ0n) is 16.0. The molecule has 1 aromatic carbocycles. The lowest BCUT2D eigenvalue weighted by atomic mass is 9.92. The molecule has 0 N–H and O–H groups in total. The van der Waals surface area contributed by atoms with Crippen molar-refractivity contribution in [2.24, 2.45) is 0 Å². The van der Waals surface area contributed by atoms with Gasteiger partial charge in [0, 0.05) is 31.1 Å². The van der Waals surface area contributed by atoms with E-state index in [1.54, 1.807) is 32.9 Å². The molecule has 0 aromatic heterocycles. The molecule has 1 aliphatic heterocycles. The van der Waals surface area contributed by atoms with Crippen LogP contribution in [-0.2, 0) is 23.1 Å². The second-order valence-corrected chi connectivity index (χ2v) is 7.91. The van der Waals surface area contributed by atoms with E-state index in [0.717, 1.165) is 5.56 Å². The van der Waals surface area contributed by atoms with E-state index in [1.807, 2.05) is 6.92 Å². The Morgan fingerprint density at radius 3 is 2.22 bits per heavy atom. The third-order valence-corrected chi connectivity index (χ3v) is 6.59. The summed E-state index contributed by atoms with van der Waals surface area (Å²) in [6, 6.07) is 6.18. The maximum absolute atomic E-state index is 13.5. The molecule has 0 saturated carbocycles. The molecule has 8 nitrogen and oxygen atoms in total. The van der Waals surface area contributed by atoms with Crippen LogP contribution in [0.15, 0.2) is 35.3 Å². The van der Waals surface area contributed by atoms with Gasteiger partial charge < -0.3 is 18.5 Å². The first-order chi connectivity index (χ1) is 12.9. The van der Waals surface area contributed by atoms with Crippen LogP contribution in [0.5, 0.6) is 0 Å². The largest absolute Gasteiger partial charge is 0.469 e. The smallest absolute Gasteiger partial charge is 0.361 e. The van der Waals surface area contributed by atoms with E-state index in [4.69, 9.17) is 18.5 Å². The Morgan fingerprint density at radius 2 is 1.74 bits per heavy atom. The topological polar surface area (TPSA) is 97.1 Å². The Hall–Kier alpha value is -1.73. The first-order valence-electron chi connectivity index (χ1n) is 8.99. The molecule has 27 heavy (non-hydrogen) atoms. The minimum absolute atomic E-state index is 0.00721. The molecular weight excluding hydrogens is 373 g/mol. The number of ether oxygens (including phenoxy) is 2. The zero-order valence-corrected chi connectivity index (χ0v) is 16.9. The van der Waals surface area contributed by atoms with Gasteiger partial charge in [-0.25, -0.2) is 0 Å². The van der Waals surface area contributed by atoms with Crippen LogP contribution in [0.4, 0.5) is 5.69 Å². The molecule has 0 spiro atoms. The van der Waals surface area contributed by atoms with Gasteiger partial charge in [0.1, 0.15) is 5.76 Å². The number of nitrogens with zero attached hydrogens (tertiary/aromatic N) is 1. The standard InChI is InChI=1S/C18H26NO7P/c1-5-23-17-12-16(14-8-10-15(11-9-14)19(20)21)18(13(4)26-17)27(22,24-6-2)25-7-3/h8-11,16-17H,5-7,12H2,1-4H3/t16-,17+/m0/s1. The zero-order chi connectivity index (χ0) is 20.0. The summed E-state index contributed by atoms with van der Waals surface area (Å²) < 4.78 is 36.0. The highest BCUT2D eigenvalue weighted by atomic mass is 31.2. The summed E-state index contributed by atoms with van der Waals surface area (Å²) in [5.74, 6) is 0.0772. The molecule has 0 radical (unpaired) electrons. The average molecular weight is 399 g/mol. The minimum Gasteiger partial charge on any atom is -0.469 e. The molecule has 0 bridgehead atoms. The first kappa shape index (κ1) is 21.6. The molecule has 0 aliphatic carbocycles.